The van der Waals surface area contributed by atoms with E-state index >= 15 is 0 Å². The van der Waals surface area contributed by atoms with Crippen molar-refractivity contribution in [1.82, 2.24) is 0 Å². The van der Waals surface area contributed by atoms with Crippen LogP contribution in [0.4, 0.5) is 0 Å². The van der Waals surface area contributed by atoms with Crippen molar-refractivity contribution in [2.75, 3.05) is 6.61 Å². The van der Waals surface area contributed by atoms with E-state index in [0.717, 1.165) is 10.9 Å². The number of hydrogen-bond donors (Lipinski definition) is 0. The second-order valence-corrected chi connectivity index (χ2v) is 3.48. The molecule has 0 aromatic rings. The zero-order chi connectivity index (χ0) is 7.98. The molecule has 60 valence electrons. The van der Waals surface area contributed by atoms with Gasteiger partial charge in [-0.2, -0.15) is 0 Å². The Hall–Kier alpha value is 0.260. The fourth-order valence-corrected chi connectivity index (χ4v) is 0.716. The standard InChI is InChI=1S/C7H14O2Te/c1-3-6(2)7(8)9-4-5-10/h6,10H,3-5H2,1-2H3. The van der Waals surface area contributed by atoms with Gasteiger partial charge in [0.05, 0.1) is 0 Å². The maximum atomic E-state index is 10.9. The van der Waals surface area contributed by atoms with Crippen LogP contribution < -0.4 is 0 Å². The molecule has 3 heteroatoms. The second kappa shape index (κ2) is 6.00. The van der Waals surface area contributed by atoms with Crippen molar-refractivity contribution >= 4 is 28.3 Å². The quantitative estimate of drug-likeness (QED) is 0.553. The van der Waals surface area contributed by atoms with E-state index in [1.54, 1.807) is 22.3 Å². The van der Waals surface area contributed by atoms with Crippen molar-refractivity contribution in [1.29, 1.82) is 0 Å². The molecule has 0 aliphatic rings. The van der Waals surface area contributed by atoms with E-state index in [4.69, 9.17) is 4.74 Å². The predicted octanol–water partition coefficient (Wildman–Crippen LogP) is 0.895. The molecule has 2 nitrogen and oxygen atoms in total. The monoisotopic (exact) mass is 260 g/mol. The van der Waals surface area contributed by atoms with Gasteiger partial charge >= 0.3 is 75.1 Å². The van der Waals surface area contributed by atoms with Crippen LogP contribution in [0.3, 0.4) is 0 Å². The molecule has 1 unspecified atom stereocenters. The van der Waals surface area contributed by atoms with Gasteiger partial charge in [-0.05, 0) is 0 Å². The average molecular weight is 258 g/mol. The molecular weight excluding hydrogens is 244 g/mol. The Bertz CT molecular complexity index is 104. The summed E-state index contributed by atoms with van der Waals surface area (Å²) in [7, 11) is 0. The average Bonchev–Trinajstić information content (AvgIpc) is 1.98. The van der Waals surface area contributed by atoms with Gasteiger partial charge in [-0.25, -0.2) is 0 Å². The van der Waals surface area contributed by atoms with Gasteiger partial charge in [0, 0.05) is 0 Å². The minimum atomic E-state index is -0.0574. The van der Waals surface area contributed by atoms with Crippen LogP contribution in [0.15, 0.2) is 0 Å². The summed E-state index contributed by atoms with van der Waals surface area (Å²) in [6.07, 6.45) is 0.868. The number of rotatable bonds is 4. The number of carbonyl (C=O) groups is 1. The normalized spacial score (nSPS) is 12.7. The van der Waals surface area contributed by atoms with Gasteiger partial charge in [-0.3, -0.25) is 0 Å². The van der Waals surface area contributed by atoms with Crippen LogP contribution >= 0.6 is 0 Å². The SMILES string of the molecule is CCC(C)C(=O)OCC[TeH]. The first-order chi connectivity index (χ1) is 4.72. The van der Waals surface area contributed by atoms with Crippen LogP contribution in [0.2, 0.25) is 4.47 Å². The zero-order valence-corrected chi connectivity index (χ0v) is 9.02. The molecule has 0 aromatic heterocycles. The zero-order valence-electron chi connectivity index (χ0n) is 6.46. The molecule has 0 aromatic carbocycles. The molecule has 1 atom stereocenters. The summed E-state index contributed by atoms with van der Waals surface area (Å²) < 4.78 is 5.87. The molecule has 0 fully saturated rings. The molecule has 0 rings (SSSR count). The molecule has 0 saturated heterocycles. The predicted molar refractivity (Wildman–Crippen MR) is 42.4 cm³/mol. The topological polar surface area (TPSA) is 26.3 Å². The minimum absolute atomic E-state index is 0.0574. The molecule has 0 heterocycles. The summed E-state index contributed by atoms with van der Waals surface area (Å²) in [6.45, 7) is 4.46. The summed E-state index contributed by atoms with van der Waals surface area (Å²) in [6, 6.07) is 0. The molecule has 0 spiro atoms. The van der Waals surface area contributed by atoms with E-state index in [-0.39, 0.29) is 11.9 Å². The van der Waals surface area contributed by atoms with Crippen LogP contribution in [0.25, 0.3) is 0 Å². The number of esters is 1. The number of ether oxygens (including phenoxy) is 1. The summed E-state index contributed by atoms with van der Waals surface area (Å²) in [5.74, 6) is 0.00976. The van der Waals surface area contributed by atoms with Crippen molar-refractivity contribution in [3.05, 3.63) is 0 Å². The van der Waals surface area contributed by atoms with Gasteiger partial charge in [0.25, 0.3) is 0 Å². The van der Waals surface area contributed by atoms with Crippen LogP contribution in [-0.4, -0.2) is 34.9 Å². The van der Waals surface area contributed by atoms with Gasteiger partial charge in [-0.1, -0.05) is 0 Å². The first-order valence-corrected chi connectivity index (χ1v) is 5.30. The molecule has 0 amide bonds. The number of hydrogen-bond acceptors (Lipinski definition) is 2. The van der Waals surface area contributed by atoms with Crippen LogP contribution in [0.1, 0.15) is 20.3 Å². The Morgan fingerprint density at radius 1 is 1.70 bits per heavy atom. The summed E-state index contributed by atoms with van der Waals surface area (Å²) in [5, 5.41) is 0. The molecule has 10 heavy (non-hydrogen) atoms. The second-order valence-electron chi connectivity index (χ2n) is 2.20. The third kappa shape index (κ3) is 4.14. The van der Waals surface area contributed by atoms with Crippen molar-refractivity contribution in [2.24, 2.45) is 5.92 Å². The molecular formula is C7H14O2Te. The Morgan fingerprint density at radius 2 is 2.30 bits per heavy atom. The van der Waals surface area contributed by atoms with Crippen LogP contribution in [-0.2, 0) is 9.53 Å². The molecule has 0 aliphatic carbocycles. The molecule has 0 aliphatic heterocycles. The van der Waals surface area contributed by atoms with Crippen LogP contribution in [0, 0.1) is 5.92 Å². The maximum absolute atomic E-state index is 10.9. The molecule has 0 N–H and O–H groups in total. The van der Waals surface area contributed by atoms with E-state index in [9.17, 15) is 4.79 Å². The third-order valence-electron chi connectivity index (χ3n) is 1.35. The van der Waals surface area contributed by atoms with Gasteiger partial charge in [0.2, 0.25) is 0 Å². The van der Waals surface area contributed by atoms with Gasteiger partial charge in [0.15, 0.2) is 0 Å². The van der Waals surface area contributed by atoms with E-state index in [1.165, 1.54) is 0 Å². The van der Waals surface area contributed by atoms with E-state index in [2.05, 4.69) is 0 Å². The third-order valence-corrected chi connectivity index (χ3v) is 1.87. The molecule has 0 saturated carbocycles. The van der Waals surface area contributed by atoms with Crippen LogP contribution in [0.5, 0.6) is 0 Å². The summed E-state index contributed by atoms with van der Waals surface area (Å²) in [5.41, 5.74) is 0. The van der Waals surface area contributed by atoms with E-state index < -0.39 is 0 Å². The fraction of sp³-hybridized carbons (Fsp3) is 0.857. The Balaban J connectivity index is 3.42. The van der Waals surface area contributed by atoms with Crippen molar-refractivity contribution in [2.45, 2.75) is 24.7 Å². The first kappa shape index (κ1) is 10.3. The van der Waals surface area contributed by atoms with Crippen molar-refractivity contribution in [3.63, 3.8) is 0 Å². The Kier molecular flexibility index (Phi) is 6.16. The van der Waals surface area contributed by atoms with Crippen molar-refractivity contribution in [3.8, 4) is 0 Å². The Labute approximate surface area is 75.2 Å². The first-order valence-electron chi connectivity index (χ1n) is 3.49. The van der Waals surface area contributed by atoms with Gasteiger partial charge < -0.3 is 0 Å². The van der Waals surface area contributed by atoms with Crippen molar-refractivity contribution < 1.29 is 9.53 Å². The summed E-state index contributed by atoms with van der Waals surface area (Å²) >= 11 is 1.67. The van der Waals surface area contributed by atoms with Gasteiger partial charge in [-0.15, -0.1) is 0 Å². The van der Waals surface area contributed by atoms with Gasteiger partial charge in [0.1, 0.15) is 0 Å². The van der Waals surface area contributed by atoms with E-state index in [0.29, 0.717) is 6.61 Å². The molecule has 0 bridgehead atoms. The number of carbonyl (C=O) groups excluding carboxylic acids is 1. The summed E-state index contributed by atoms with van der Waals surface area (Å²) in [4.78, 5) is 10.9. The fourth-order valence-electron chi connectivity index (χ4n) is 0.455. The Morgan fingerprint density at radius 3 is 2.70 bits per heavy atom. The van der Waals surface area contributed by atoms with E-state index in [1.807, 2.05) is 13.8 Å². The molecule has 0 radical (unpaired) electrons.